The topological polar surface area (TPSA) is 60.0 Å². The van der Waals surface area contributed by atoms with Crippen LogP contribution >= 0.6 is 0 Å². The Morgan fingerprint density at radius 2 is 1.85 bits per heavy atom. The van der Waals surface area contributed by atoms with Crippen molar-refractivity contribution in [1.29, 1.82) is 0 Å². The number of H-pyrrole nitrogens is 1. The number of ether oxygens (including phenoxy) is 2. The Labute approximate surface area is 147 Å². The van der Waals surface area contributed by atoms with E-state index in [0.29, 0.717) is 28.2 Å². The quantitative estimate of drug-likeness (QED) is 0.577. The number of nitrogens with one attached hydrogen (secondary N) is 1. The average Bonchev–Trinajstić information content (AvgIpc) is 3.07. The molecular weight excluding hydrogens is 340 g/mol. The van der Waals surface area contributed by atoms with E-state index in [1.54, 1.807) is 13.2 Å². The lowest BCUT2D eigenvalue weighted by molar-refractivity contribution is 0.416. The molecule has 0 aliphatic heterocycles. The Bertz CT molecular complexity index is 1100. The molecule has 0 radical (unpaired) electrons. The van der Waals surface area contributed by atoms with Crippen molar-refractivity contribution >= 4 is 11.0 Å². The molecule has 2 aromatic heterocycles. The van der Waals surface area contributed by atoms with Crippen molar-refractivity contribution in [3.05, 3.63) is 66.4 Å². The molecule has 0 saturated carbocycles. The molecule has 7 heteroatoms. The van der Waals surface area contributed by atoms with E-state index < -0.39 is 11.6 Å². The van der Waals surface area contributed by atoms with Crippen LogP contribution < -0.4 is 9.47 Å². The first-order valence-corrected chi connectivity index (χ1v) is 7.76. The van der Waals surface area contributed by atoms with Gasteiger partial charge in [0.05, 0.1) is 18.8 Å². The monoisotopic (exact) mass is 353 g/mol. The first-order chi connectivity index (χ1) is 12.7. The second-order valence-electron chi connectivity index (χ2n) is 5.52. The Hall–Kier alpha value is -3.48. The predicted octanol–water partition coefficient (Wildman–Crippen LogP) is 4.70. The van der Waals surface area contributed by atoms with Crippen molar-refractivity contribution < 1.29 is 18.3 Å². The summed E-state index contributed by atoms with van der Waals surface area (Å²) in [5.41, 5.74) is 2.68. The molecule has 0 bridgehead atoms. The van der Waals surface area contributed by atoms with Crippen molar-refractivity contribution in [1.82, 2.24) is 15.2 Å². The molecule has 0 aliphatic carbocycles. The first kappa shape index (κ1) is 16.0. The molecule has 5 nitrogen and oxygen atoms in total. The summed E-state index contributed by atoms with van der Waals surface area (Å²) >= 11 is 0. The molecule has 4 aromatic rings. The van der Waals surface area contributed by atoms with Crippen molar-refractivity contribution in [2.24, 2.45) is 0 Å². The Kier molecular flexibility index (Phi) is 3.96. The summed E-state index contributed by atoms with van der Waals surface area (Å²) < 4.78 is 37.5. The van der Waals surface area contributed by atoms with Crippen LogP contribution in [-0.4, -0.2) is 22.3 Å². The zero-order valence-electron chi connectivity index (χ0n) is 13.7. The maximum absolute atomic E-state index is 13.7. The Morgan fingerprint density at radius 3 is 2.65 bits per heavy atom. The maximum Gasteiger partial charge on any atom is 0.168 e. The van der Waals surface area contributed by atoms with E-state index in [0.717, 1.165) is 17.7 Å². The third-order valence-electron chi connectivity index (χ3n) is 3.86. The molecule has 26 heavy (non-hydrogen) atoms. The second kappa shape index (κ2) is 6.44. The molecule has 0 saturated heterocycles. The van der Waals surface area contributed by atoms with E-state index in [2.05, 4.69) is 15.2 Å². The highest BCUT2D eigenvalue weighted by Gasteiger charge is 2.15. The van der Waals surface area contributed by atoms with Gasteiger partial charge in [0.2, 0.25) is 0 Å². The smallest absolute Gasteiger partial charge is 0.168 e. The summed E-state index contributed by atoms with van der Waals surface area (Å²) in [6.07, 6.45) is 1.46. The predicted molar refractivity (Wildman–Crippen MR) is 92.3 cm³/mol. The fourth-order valence-electron chi connectivity index (χ4n) is 2.66. The number of aromatic amines is 1. The molecule has 130 valence electrons. The van der Waals surface area contributed by atoms with E-state index in [1.165, 1.54) is 12.3 Å². The zero-order valence-corrected chi connectivity index (χ0v) is 13.7. The number of pyridine rings is 1. The summed E-state index contributed by atoms with van der Waals surface area (Å²) in [7, 11) is 1.59. The second-order valence-corrected chi connectivity index (χ2v) is 5.52. The molecule has 2 aromatic carbocycles. The Balaban J connectivity index is 1.71. The molecule has 0 amide bonds. The number of nitrogens with zero attached hydrogens (tertiary/aromatic N) is 2. The molecule has 1 N–H and O–H groups in total. The fraction of sp³-hybridized carbons (Fsp3) is 0.0526. The van der Waals surface area contributed by atoms with E-state index in [9.17, 15) is 8.78 Å². The number of para-hydroxylation sites is 1. The summed E-state index contributed by atoms with van der Waals surface area (Å²) in [6.45, 7) is 0. The molecule has 0 spiro atoms. The summed E-state index contributed by atoms with van der Waals surface area (Å²) in [5, 5.41) is 7.19. The number of rotatable bonds is 4. The van der Waals surface area contributed by atoms with Gasteiger partial charge in [0, 0.05) is 17.7 Å². The third-order valence-corrected chi connectivity index (χ3v) is 3.86. The largest absolute Gasteiger partial charge is 0.496 e. The fourth-order valence-corrected chi connectivity index (χ4v) is 2.66. The van der Waals surface area contributed by atoms with Crippen LogP contribution in [0.5, 0.6) is 17.2 Å². The van der Waals surface area contributed by atoms with E-state index in [-0.39, 0.29) is 5.75 Å². The van der Waals surface area contributed by atoms with Gasteiger partial charge >= 0.3 is 0 Å². The van der Waals surface area contributed by atoms with Crippen LogP contribution in [0.1, 0.15) is 0 Å². The molecule has 0 aliphatic rings. The van der Waals surface area contributed by atoms with Gasteiger partial charge in [0.25, 0.3) is 0 Å². The van der Waals surface area contributed by atoms with Crippen LogP contribution in [0.25, 0.3) is 22.3 Å². The number of hydrogen-bond donors (Lipinski definition) is 1. The van der Waals surface area contributed by atoms with Crippen LogP contribution in [0.4, 0.5) is 8.78 Å². The van der Waals surface area contributed by atoms with Gasteiger partial charge in [0.15, 0.2) is 11.6 Å². The van der Waals surface area contributed by atoms with Crippen LogP contribution in [0, 0.1) is 11.6 Å². The van der Waals surface area contributed by atoms with Crippen molar-refractivity contribution in [2.45, 2.75) is 0 Å². The number of fused-ring (bicyclic) bond motifs is 1. The number of hydrogen-bond acceptors (Lipinski definition) is 4. The van der Waals surface area contributed by atoms with Gasteiger partial charge in [0.1, 0.15) is 28.5 Å². The van der Waals surface area contributed by atoms with Gasteiger partial charge in [-0.3, -0.25) is 5.10 Å². The molecule has 0 unspecified atom stereocenters. The van der Waals surface area contributed by atoms with Gasteiger partial charge in [-0.15, -0.1) is 0 Å². The third kappa shape index (κ3) is 2.83. The lowest BCUT2D eigenvalue weighted by atomic mass is 10.1. The minimum absolute atomic E-state index is 0.0861. The molecular formula is C19H13F2N3O2. The van der Waals surface area contributed by atoms with Gasteiger partial charge in [-0.25, -0.2) is 13.8 Å². The van der Waals surface area contributed by atoms with Crippen LogP contribution in [-0.2, 0) is 0 Å². The van der Waals surface area contributed by atoms with Crippen LogP contribution in [0.2, 0.25) is 0 Å². The number of methoxy groups -OCH3 is 1. The average molecular weight is 353 g/mol. The molecule has 4 rings (SSSR count). The SMILES string of the molecule is COc1ccccc1-c1n[nH]c2cc(Oc3ccc(F)cc3F)cnc12. The summed E-state index contributed by atoms with van der Waals surface area (Å²) in [6, 6.07) is 12.2. The normalized spacial score (nSPS) is 10.9. The number of benzene rings is 2. The summed E-state index contributed by atoms with van der Waals surface area (Å²) in [5.74, 6) is -0.561. The van der Waals surface area contributed by atoms with E-state index >= 15 is 0 Å². The highest BCUT2D eigenvalue weighted by Crippen LogP contribution is 2.34. The maximum atomic E-state index is 13.7. The highest BCUT2D eigenvalue weighted by atomic mass is 19.1. The first-order valence-electron chi connectivity index (χ1n) is 7.76. The van der Waals surface area contributed by atoms with E-state index in [1.807, 2.05) is 24.3 Å². The Morgan fingerprint density at radius 1 is 1.00 bits per heavy atom. The van der Waals surface area contributed by atoms with Crippen LogP contribution in [0.15, 0.2) is 54.7 Å². The number of halogens is 2. The minimum Gasteiger partial charge on any atom is -0.496 e. The van der Waals surface area contributed by atoms with Crippen molar-refractivity contribution in [3.8, 4) is 28.5 Å². The lowest BCUT2D eigenvalue weighted by Crippen LogP contribution is -1.91. The molecule has 0 fully saturated rings. The van der Waals surface area contributed by atoms with Crippen LogP contribution in [0.3, 0.4) is 0 Å². The van der Waals surface area contributed by atoms with Gasteiger partial charge in [-0.1, -0.05) is 12.1 Å². The zero-order chi connectivity index (χ0) is 18.1. The lowest BCUT2D eigenvalue weighted by Gasteiger charge is -2.07. The van der Waals surface area contributed by atoms with Crippen molar-refractivity contribution in [3.63, 3.8) is 0 Å². The number of aromatic nitrogens is 3. The standard InChI is InChI=1S/C19H13F2N3O2/c1-25-16-5-3-2-4-13(16)18-19-15(23-24-18)9-12(10-22-19)26-17-7-6-11(20)8-14(17)21/h2-10H,1H3,(H,23,24). The molecule has 0 atom stereocenters. The van der Waals surface area contributed by atoms with Gasteiger partial charge in [-0.2, -0.15) is 5.10 Å². The summed E-state index contributed by atoms with van der Waals surface area (Å²) in [4.78, 5) is 4.37. The van der Waals surface area contributed by atoms with Gasteiger partial charge in [-0.05, 0) is 24.3 Å². The minimum atomic E-state index is -0.788. The molecule has 2 heterocycles. The van der Waals surface area contributed by atoms with Crippen molar-refractivity contribution in [2.75, 3.05) is 7.11 Å². The van der Waals surface area contributed by atoms with Gasteiger partial charge < -0.3 is 9.47 Å². The van der Waals surface area contributed by atoms with E-state index in [4.69, 9.17) is 9.47 Å². The highest BCUT2D eigenvalue weighted by molar-refractivity contribution is 5.91.